The Balaban J connectivity index is 1.84. The summed E-state index contributed by atoms with van der Waals surface area (Å²) in [6, 6.07) is 17.7. The molecule has 0 aliphatic carbocycles. The topological polar surface area (TPSA) is 138 Å². The lowest BCUT2D eigenvalue weighted by Gasteiger charge is -2.12. The Morgan fingerprint density at radius 3 is 2.35 bits per heavy atom. The van der Waals surface area contributed by atoms with Crippen molar-refractivity contribution < 1.29 is 27.6 Å². The van der Waals surface area contributed by atoms with E-state index in [1.54, 1.807) is 55.5 Å². The number of hydrogen-bond acceptors (Lipinski definition) is 7. The molecule has 0 saturated carbocycles. The van der Waals surface area contributed by atoms with Crippen LogP contribution in [-0.2, 0) is 16.5 Å². The molecule has 0 fully saturated rings. The summed E-state index contributed by atoms with van der Waals surface area (Å²) >= 11 is 6.03. The number of nitrogens with one attached hydrogen (secondary N) is 1. The molecule has 4 aromatic carbocycles. The van der Waals surface area contributed by atoms with Crippen LogP contribution < -0.4 is 10.1 Å². The van der Waals surface area contributed by atoms with Crippen molar-refractivity contribution in [3.63, 3.8) is 0 Å². The van der Waals surface area contributed by atoms with Crippen LogP contribution in [0, 0.1) is 0 Å². The third-order valence-corrected chi connectivity index (χ3v) is 6.70. The van der Waals surface area contributed by atoms with Crippen molar-refractivity contribution in [2.45, 2.75) is 18.2 Å². The highest BCUT2D eigenvalue weighted by molar-refractivity contribution is 7.86. The van der Waals surface area contributed by atoms with Gasteiger partial charge in [-0.25, -0.2) is 0 Å². The zero-order valence-electron chi connectivity index (χ0n) is 19.8. The molecule has 0 saturated heterocycles. The van der Waals surface area contributed by atoms with Gasteiger partial charge in [0, 0.05) is 16.1 Å². The molecule has 9 nitrogen and oxygen atoms in total. The Hall–Kier alpha value is -3.99. The van der Waals surface area contributed by atoms with Crippen LogP contribution in [0.1, 0.15) is 22.8 Å². The van der Waals surface area contributed by atoms with Crippen LogP contribution in [0.4, 0.5) is 17.1 Å². The quantitative estimate of drug-likeness (QED) is 0.177. The normalized spacial score (nSPS) is 11.7. The SMILES string of the molecule is CCc1cc(Cl)cc(S(=O)(=O)O)c1N=Nc1c(O)c(C(=O)Nc2ccc(OC)cc2)cc2ccccc12. The molecule has 0 aliphatic heterocycles. The lowest BCUT2D eigenvalue weighted by molar-refractivity contribution is 0.102. The Morgan fingerprint density at radius 2 is 1.70 bits per heavy atom. The fourth-order valence-corrected chi connectivity index (χ4v) is 4.77. The molecule has 190 valence electrons. The highest BCUT2D eigenvalue weighted by atomic mass is 35.5. The lowest BCUT2D eigenvalue weighted by atomic mass is 10.0. The molecule has 11 heteroatoms. The van der Waals surface area contributed by atoms with Gasteiger partial charge in [-0.1, -0.05) is 42.8 Å². The minimum absolute atomic E-state index is 0.0451. The first kappa shape index (κ1) is 26.1. The second-order valence-electron chi connectivity index (χ2n) is 7.97. The van der Waals surface area contributed by atoms with Gasteiger partial charge in [0.1, 0.15) is 22.0 Å². The van der Waals surface area contributed by atoms with E-state index in [4.69, 9.17) is 16.3 Å². The third kappa shape index (κ3) is 5.56. The van der Waals surface area contributed by atoms with Gasteiger partial charge in [-0.3, -0.25) is 9.35 Å². The standard InChI is InChI=1S/C26H22ClN3O6S/c1-3-15-12-17(27)14-22(37(33,34)35)23(15)29-30-24-20-7-5-4-6-16(20)13-21(25(24)31)26(32)28-18-8-10-19(36-2)11-9-18/h4-14,31H,3H2,1-2H3,(H,28,32)(H,33,34,35). The van der Waals surface area contributed by atoms with Crippen molar-refractivity contribution in [3.05, 3.63) is 82.9 Å². The van der Waals surface area contributed by atoms with Crippen molar-refractivity contribution in [2.24, 2.45) is 10.2 Å². The van der Waals surface area contributed by atoms with E-state index < -0.39 is 26.7 Å². The molecule has 0 spiro atoms. The number of azo groups is 1. The van der Waals surface area contributed by atoms with Crippen molar-refractivity contribution in [1.29, 1.82) is 0 Å². The van der Waals surface area contributed by atoms with Gasteiger partial charge in [0.25, 0.3) is 16.0 Å². The third-order valence-electron chi connectivity index (χ3n) is 5.62. The number of amides is 1. The minimum Gasteiger partial charge on any atom is -0.505 e. The molecule has 0 aromatic heterocycles. The molecule has 4 aromatic rings. The fraction of sp³-hybridized carbons (Fsp3) is 0.115. The highest BCUT2D eigenvalue weighted by Crippen LogP contribution is 2.41. The van der Waals surface area contributed by atoms with Crippen molar-refractivity contribution in [2.75, 3.05) is 12.4 Å². The number of halogens is 1. The predicted octanol–water partition coefficient (Wildman–Crippen LogP) is 6.68. The molecule has 3 N–H and O–H groups in total. The largest absolute Gasteiger partial charge is 0.505 e. The Bertz CT molecular complexity index is 1640. The molecule has 0 bridgehead atoms. The first-order valence-electron chi connectivity index (χ1n) is 11.0. The zero-order valence-corrected chi connectivity index (χ0v) is 21.3. The lowest BCUT2D eigenvalue weighted by Crippen LogP contribution is -2.12. The summed E-state index contributed by atoms with van der Waals surface area (Å²) in [4.78, 5) is 12.6. The molecular formula is C26H22ClN3O6S. The molecule has 37 heavy (non-hydrogen) atoms. The maximum atomic E-state index is 13.1. The number of anilines is 1. The van der Waals surface area contributed by atoms with E-state index in [1.807, 2.05) is 0 Å². The number of carbonyl (C=O) groups excluding carboxylic acids is 1. The summed E-state index contributed by atoms with van der Waals surface area (Å²) < 4.78 is 38.9. The van der Waals surface area contributed by atoms with Crippen LogP contribution in [0.2, 0.25) is 5.02 Å². The predicted molar refractivity (Wildman–Crippen MR) is 141 cm³/mol. The molecular weight excluding hydrogens is 518 g/mol. The number of aromatic hydroxyl groups is 1. The van der Waals surface area contributed by atoms with E-state index in [9.17, 15) is 22.9 Å². The van der Waals surface area contributed by atoms with Gasteiger partial charge >= 0.3 is 0 Å². The van der Waals surface area contributed by atoms with E-state index in [0.29, 0.717) is 34.2 Å². The number of benzene rings is 4. The van der Waals surface area contributed by atoms with E-state index in [1.165, 1.54) is 19.2 Å². The molecule has 0 aliphatic rings. The van der Waals surface area contributed by atoms with Crippen LogP contribution in [0.3, 0.4) is 0 Å². The number of hydrogen-bond donors (Lipinski definition) is 3. The number of nitrogens with zero attached hydrogens (tertiary/aromatic N) is 2. The summed E-state index contributed by atoms with van der Waals surface area (Å²) in [6.07, 6.45) is 0.342. The molecule has 4 rings (SSSR count). The smallest absolute Gasteiger partial charge is 0.296 e. The Morgan fingerprint density at radius 1 is 1.03 bits per heavy atom. The van der Waals surface area contributed by atoms with Crippen LogP contribution in [0.25, 0.3) is 10.8 Å². The van der Waals surface area contributed by atoms with E-state index in [0.717, 1.165) is 6.07 Å². The number of aryl methyl sites for hydroxylation is 1. The Kier molecular flexibility index (Phi) is 7.44. The van der Waals surface area contributed by atoms with Gasteiger partial charge in [0.15, 0.2) is 5.75 Å². The monoisotopic (exact) mass is 539 g/mol. The zero-order chi connectivity index (χ0) is 26.7. The number of ether oxygens (including phenoxy) is 1. The number of carbonyl (C=O) groups is 1. The molecule has 1 amide bonds. The molecule has 0 heterocycles. The maximum Gasteiger partial charge on any atom is 0.296 e. The van der Waals surface area contributed by atoms with Gasteiger partial charge in [-0.2, -0.15) is 8.42 Å². The van der Waals surface area contributed by atoms with Gasteiger partial charge in [0.2, 0.25) is 0 Å². The van der Waals surface area contributed by atoms with Crippen molar-refractivity contribution >= 4 is 55.5 Å². The fourth-order valence-electron chi connectivity index (χ4n) is 3.77. The summed E-state index contributed by atoms with van der Waals surface area (Å²) in [5.74, 6) is -0.426. The summed E-state index contributed by atoms with van der Waals surface area (Å²) in [6.45, 7) is 1.76. The van der Waals surface area contributed by atoms with Crippen LogP contribution >= 0.6 is 11.6 Å². The second-order valence-corrected chi connectivity index (χ2v) is 9.79. The molecule has 0 unspecified atom stereocenters. The number of fused-ring (bicyclic) bond motifs is 1. The van der Waals surface area contributed by atoms with E-state index >= 15 is 0 Å². The van der Waals surface area contributed by atoms with Crippen LogP contribution in [0.15, 0.2) is 81.9 Å². The highest BCUT2D eigenvalue weighted by Gasteiger charge is 2.22. The first-order valence-corrected chi connectivity index (χ1v) is 12.9. The van der Waals surface area contributed by atoms with E-state index in [2.05, 4.69) is 15.5 Å². The van der Waals surface area contributed by atoms with Crippen LogP contribution in [0.5, 0.6) is 11.5 Å². The first-order chi connectivity index (χ1) is 17.6. The van der Waals surface area contributed by atoms with Gasteiger partial charge < -0.3 is 15.2 Å². The summed E-state index contributed by atoms with van der Waals surface area (Å²) in [7, 11) is -3.15. The second kappa shape index (κ2) is 10.6. The van der Waals surface area contributed by atoms with Gasteiger partial charge in [0.05, 0.1) is 12.7 Å². The number of phenols is 1. The molecule has 0 atom stereocenters. The maximum absolute atomic E-state index is 13.1. The summed E-state index contributed by atoms with van der Waals surface area (Å²) in [5, 5.41) is 23.2. The van der Waals surface area contributed by atoms with E-state index in [-0.39, 0.29) is 22.0 Å². The average Bonchev–Trinajstić information content (AvgIpc) is 2.87. The van der Waals surface area contributed by atoms with Gasteiger partial charge in [-0.05, 0) is 59.8 Å². The van der Waals surface area contributed by atoms with Crippen molar-refractivity contribution in [1.82, 2.24) is 0 Å². The van der Waals surface area contributed by atoms with Crippen molar-refractivity contribution in [3.8, 4) is 11.5 Å². The Labute approximate surface area is 218 Å². The summed E-state index contributed by atoms with van der Waals surface area (Å²) in [5.41, 5.74) is 0.668. The number of phenolic OH excluding ortho intramolecular Hbond substituents is 1. The van der Waals surface area contributed by atoms with Gasteiger partial charge in [-0.15, -0.1) is 10.2 Å². The average molecular weight is 540 g/mol. The minimum atomic E-state index is -4.68. The van der Waals surface area contributed by atoms with Crippen LogP contribution in [-0.4, -0.2) is 31.1 Å². The molecule has 0 radical (unpaired) electrons. The number of rotatable bonds is 7. The number of methoxy groups -OCH3 is 1.